The van der Waals surface area contributed by atoms with Crippen LogP contribution in [-0.2, 0) is 11.2 Å². The van der Waals surface area contributed by atoms with Crippen LogP contribution in [-0.4, -0.2) is 15.6 Å². The lowest BCUT2D eigenvalue weighted by Gasteiger charge is -2.07. The Morgan fingerprint density at radius 3 is 2.76 bits per heavy atom. The van der Waals surface area contributed by atoms with E-state index >= 15 is 0 Å². The molecule has 0 atom stereocenters. The second-order valence-electron chi connectivity index (χ2n) is 4.73. The molecule has 0 fully saturated rings. The van der Waals surface area contributed by atoms with Crippen molar-refractivity contribution in [2.45, 2.75) is 12.8 Å². The molecule has 0 saturated heterocycles. The van der Waals surface area contributed by atoms with Crippen LogP contribution in [0.4, 0.5) is 4.39 Å². The van der Waals surface area contributed by atoms with Gasteiger partial charge in [-0.05, 0) is 30.2 Å². The molecular weight excluding hydrogens is 269 g/mol. The van der Waals surface area contributed by atoms with E-state index in [2.05, 4.69) is 10.4 Å². The molecule has 0 spiro atoms. The minimum absolute atomic E-state index is 0.179. The number of nitrogens with one attached hydrogen (secondary N) is 1. The summed E-state index contributed by atoms with van der Waals surface area (Å²) < 4.78 is 15.1. The molecule has 3 aromatic rings. The van der Waals surface area contributed by atoms with Gasteiger partial charge in [0, 0.05) is 6.42 Å². The molecule has 1 aromatic heterocycles. The van der Waals surface area contributed by atoms with Gasteiger partial charge in [0.25, 0.3) is 0 Å². The second-order valence-corrected chi connectivity index (χ2v) is 4.73. The van der Waals surface area contributed by atoms with E-state index in [0.717, 1.165) is 11.0 Å². The zero-order chi connectivity index (χ0) is 14.7. The Bertz CT molecular complexity index is 782. The number of hydrogen-bond acceptors (Lipinski definition) is 2. The maximum atomic E-state index is 13.5. The number of carbonyl (C=O) groups excluding carboxylic acids is 1. The Hall–Kier alpha value is -2.69. The number of imidazole rings is 1. The molecule has 0 aliphatic heterocycles. The lowest BCUT2D eigenvalue weighted by atomic mass is 10.1. The van der Waals surface area contributed by atoms with Crippen molar-refractivity contribution in [3.8, 4) is 0 Å². The number of amides is 1. The van der Waals surface area contributed by atoms with Crippen LogP contribution in [0.15, 0.2) is 54.9 Å². The number of para-hydroxylation sites is 2. The van der Waals surface area contributed by atoms with Gasteiger partial charge in [-0.2, -0.15) is 0 Å². The third-order valence-electron chi connectivity index (χ3n) is 3.28. The quantitative estimate of drug-likeness (QED) is 0.800. The summed E-state index contributed by atoms with van der Waals surface area (Å²) >= 11 is 0. The minimum atomic E-state index is -0.279. The molecule has 21 heavy (non-hydrogen) atoms. The van der Waals surface area contributed by atoms with Crippen molar-refractivity contribution in [3.05, 3.63) is 66.2 Å². The highest BCUT2D eigenvalue weighted by Crippen LogP contribution is 2.11. The van der Waals surface area contributed by atoms with Crippen LogP contribution >= 0.6 is 0 Å². The van der Waals surface area contributed by atoms with E-state index in [0.29, 0.717) is 12.0 Å². The predicted molar refractivity (Wildman–Crippen MR) is 78.8 cm³/mol. The summed E-state index contributed by atoms with van der Waals surface area (Å²) in [4.78, 5) is 16.1. The van der Waals surface area contributed by atoms with Crippen molar-refractivity contribution in [2.24, 2.45) is 0 Å². The fourth-order valence-electron chi connectivity index (χ4n) is 2.19. The predicted octanol–water partition coefficient (Wildman–Crippen LogP) is 2.88. The number of carbonyl (C=O) groups is 1. The summed E-state index contributed by atoms with van der Waals surface area (Å²) in [6, 6.07) is 14.0. The van der Waals surface area contributed by atoms with Crippen LogP contribution in [0.3, 0.4) is 0 Å². The zero-order valence-electron chi connectivity index (χ0n) is 11.3. The van der Waals surface area contributed by atoms with Gasteiger partial charge in [0.15, 0.2) is 0 Å². The highest BCUT2D eigenvalue weighted by molar-refractivity contribution is 5.86. The van der Waals surface area contributed by atoms with Crippen molar-refractivity contribution in [2.75, 3.05) is 5.43 Å². The largest absolute Gasteiger partial charge is 0.273 e. The van der Waals surface area contributed by atoms with Crippen LogP contribution in [0.2, 0.25) is 0 Å². The molecule has 0 saturated carbocycles. The summed E-state index contributed by atoms with van der Waals surface area (Å²) in [6.45, 7) is 0. The van der Waals surface area contributed by atoms with Crippen molar-refractivity contribution >= 4 is 16.9 Å². The minimum Gasteiger partial charge on any atom is -0.273 e. The fraction of sp³-hybridized carbons (Fsp3) is 0.125. The Morgan fingerprint density at radius 1 is 1.14 bits per heavy atom. The first kappa shape index (κ1) is 13.3. The number of aromatic nitrogens is 2. The average molecular weight is 283 g/mol. The van der Waals surface area contributed by atoms with Gasteiger partial charge in [-0.15, -0.1) is 0 Å². The molecule has 0 aliphatic carbocycles. The summed E-state index contributed by atoms with van der Waals surface area (Å²) in [6.07, 6.45) is 2.14. The summed E-state index contributed by atoms with van der Waals surface area (Å²) in [5, 5.41) is 0. The third-order valence-corrected chi connectivity index (χ3v) is 3.28. The number of halogens is 1. The van der Waals surface area contributed by atoms with E-state index in [9.17, 15) is 9.18 Å². The van der Waals surface area contributed by atoms with Crippen molar-refractivity contribution in [1.82, 2.24) is 9.66 Å². The van der Waals surface area contributed by atoms with Crippen LogP contribution in [0, 0.1) is 5.82 Å². The molecule has 2 aromatic carbocycles. The average Bonchev–Trinajstić information content (AvgIpc) is 2.90. The van der Waals surface area contributed by atoms with Gasteiger partial charge in [-0.1, -0.05) is 30.3 Å². The van der Waals surface area contributed by atoms with E-state index < -0.39 is 0 Å². The Balaban J connectivity index is 1.66. The summed E-state index contributed by atoms with van der Waals surface area (Å²) in [7, 11) is 0. The molecule has 0 aliphatic rings. The first-order valence-electron chi connectivity index (χ1n) is 6.69. The Kier molecular flexibility index (Phi) is 3.64. The van der Waals surface area contributed by atoms with Gasteiger partial charge in [0.2, 0.25) is 5.91 Å². The molecule has 0 bridgehead atoms. The monoisotopic (exact) mass is 283 g/mol. The van der Waals surface area contributed by atoms with E-state index in [-0.39, 0.29) is 18.1 Å². The highest BCUT2D eigenvalue weighted by atomic mass is 19.1. The van der Waals surface area contributed by atoms with Gasteiger partial charge in [-0.3, -0.25) is 10.2 Å². The maximum Gasteiger partial charge on any atom is 0.239 e. The van der Waals surface area contributed by atoms with Crippen LogP contribution in [0.1, 0.15) is 12.0 Å². The lowest BCUT2D eigenvalue weighted by molar-refractivity contribution is -0.117. The summed E-state index contributed by atoms with van der Waals surface area (Å²) in [5.74, 6) is -0.459. The van der Waals surface area contributed by atoms with Crippen LogP contribution in [0.25, 0.3) is 11.0 Å². The smallest absolute Gasteiger partial charge is 0.239 e. The summed E-state index contributed by atoms with van der Waals surface area (Å²) in [5.41, 5.74) is 4.93. The number of aryl methyl sites for hydroxylation is 1. The molecule has 1 N–H and O–H groups in total. The molecule has 4 nitrogen and oxygen atoms in total. The van der Waals surface area contributed by atoms with Crippen molar-refractivity contribution in [1.29, 1.82) is 0 Å². The SMILES string of the molecule is O=C(CCc1ccccc1F)Nn1cnc2ccccc21. The lowest BCUT2D eigenvalue weighted by Crippen LogP contribution is -2.22. The zero-order valence-corrected chi connectivity index (χ0v) is 11.3. The van der Waals surface area contributed by atoms with E-state index in [1.54, 1.807) is 29.2 Å². The van der Waals surface area contributed by atoms with Crippen LogP contribution < -0.4 is 5.43 Å². The molecule has 1 heterocycles. The number of rotatable bonds is 4. The van der Waals surface area contributed by atoms with E-state index in [1.165, 1.54) is 6.07 Å². The number of nitrogens with zero attached hydrogens (tertiary/aromatic N) is 2. The molecule has 106 valence electrons. The van der Waals surface area contributed by atoms with Gasteiger partial charge >= 0.3 is 0 Å². The van der Waals surface area contributed by atoms with Gasteiger partial charge in [0.1, 0.15) is 12.1 Å². The first-order chi connectivity index (χ1) is 10.2. The normalized spacial score (nSPS) is 10.7. The Labute approximate surface area is 121 Å². The molecular formula is C16H14FN3O. The van der Waals surface area contributed by atoms with Crippen molar-refractivity contribution < 1.29 is 9.18 Å². The Morgan fingerprint density at radius 2 is 1.90 bits per heavy atom. The van der Waals surface area contributed by atoms with Gasteiger partial charge in [0.05, 0.1) is 11.0 Å². The first-order valence-corrected chi connectivity index (χ1v) is 6.69. The molecule has 0 radical (unpaired) electrons. The number of hydrogen-bond donors (Lipinski definition) is 1. The molecule has 3 rings (SSSR count). The van der Waals surface area contributed by atoms with E-state index in [4.69, 9.17) is 0 Å². The maximum absolute atomic E-state index is 13.5. The molecule has 0 unspecified atom stereocenters. The van der Waals surface area contributed by atoms with Crippen LogP contribution in [0.5, 0.6) is 0 Å². The van der Waals surface area contributed by atoms with Gasteiger partial charge in [-0.25, -0.2) is 14.1 Å². The van der Waals surface area contributed by atoms with Crippen molar-refractivity contribution in [3.63, 3.8) is 0 Å². The second kappa shape index (κ2) is 5.75. The number of fused-ring (bicyclic) bond motifs is 1. The van der Waals surface area contributed by atoms with E-state index in [1.807, 2.05) is 24.3 Å². The fourth-order valence-corrected chi connectivity index (χ4v) is 2.19. The number of benzene rings is 2. The third kappa shape index (κ3) is 2.91. The van der Waals surface area contributed by atoms with Gasteiger partial charge < -0.3 is 0 Å². The highest BCUT2D eigenvalue weighted by Gasteiger charge is 2.08. The molecule has 1 amide bonds. The topological polar surface area (TPSA) is 46.9 Å². The molecule has 5 heteroatoms. The standard InChI is InChI=1S/C16H14FN3O/c17-13-6-2-1-5-12(13)9-10-16(21)19-20-11-18-14-7-3-4-8-15(14)20/h1-8,11H,9-10H2,(H,19,21).